The lowest BCUT2D eigenvalue weighted by atomic mass is 10.0. The Kier molecular flexibility index (Phi) is 9.01. The highest BCUT2D eigenvalue weighted by molar-refractivity contribution is 6.30. The van der Waals surface area contributed by atoms with Crippen LogP contribution >= 0.6 is 11.6 Å². The Morgan fingerprint density at radius 3 is 2.73 bits per heavy atom. The van der Waals surface area contributed by atoms with Crippen molar-refractivity contribution in [2.45, 2.75) is 45.6 Å². The third kappa shape index (κ3) is 6.97. The Hall–Kier alpha value is -5.10. The summed E-state index contributed by atoms with van der Waals surface area (Å²) in [5.74, 6) is 0.786. The van der Waals surface area contributed by atoms with E-state index in [2.05, 4.69) is 26.0 Å². The third-order valence-corrected chi connectivity index (χ3v) is 9.90. The van der Waals surface area contributed by atoms with E-state index < -0.39 is 5.82 Å². The topological polar surface area (TPSA) is 99.3 Å². The summed E-state index contributed by atoms with van der Waals surface area (Å²) in [4.78, 5) is 25.5. The molecule has 3 aromatic heterocycles. The van der Waals surface area contributed by atoms with Crippen molar-refractivity contribution < 1.29 is 18.7 Å². The molecule has 0 spiro atoms. The molecule has 3 aromatic carbocycles. The number of halogens is 2. The number of rotatable bonds is 10. The van der Waals surface area contributed by atoms with Gasteiger partial charge in [0, 0.05) is 60.0 Å². The van der Waals surface area contributed by atoms with Crippen molar-refractivity contribution in [3.05, 3.63) is 118 Å². The van der Waals surface area contributed by atoms with E-state index in [-0.39, 0.29) is 18.6 Å². The SMILES string of the molecule is Cc1nn(C)c2ccc(NC(=O)c3ccc4c(c3)nc(CN3CC=C(c5cccc(OCc6ccc(Cl)cc6F)n5)CC3)n4C[C@@H]3CCO3)cc12. The Morgan fingerprint density at radius 2 is 1.94 bits per heavy atom. The average molecular weight is 706 g/mol. The van der Waals surface area contributed by atoms with Crippen molar-refractivity contribution >= 4 is 50.7 Å². The average Bonchev–Trinajstić information content (AvgIpc) is 3.59. The molecular weight excluding hydrogens is 669 g/mol. The van der Waals surface area contributed by atoms with E-state index in [1.54, 1.807) is 18.2 Å². The van der Waals surface area contributed by atoms with E-state index in [1.165, 1.54) is 6.07 Å². The van der Waals surface area contributed by atoms with E-state index in [0.717, 1.165) is 82.9 Å². The molecule has 1 amide bonds. The molecule has 8 rings (SSSR count). The van der Waals surface area contributed by atoms with E-state index in [9.17, 15) is 9.18 Å². The van der Waals surface area contributed by atoms with Gasteiger partial charge < -0.3 is 19.4 Å². The van der Waals surface area contributed by atoms with E-state index in [1.807, 2.05) is 67.2 Å². The van der Waals surface area contributed by atoms with Gasteiger partial charge in [-0.2, -0.15) is 5.10 Å². The maximum atomic E-state index is 14.2. The van der Waals surface area contributed by atoms with Crippen LogP contribution in [0.5, 0.6) is 5.88 Å². The molecule has 1 saturated heterocycles. The van der Waals surface area contributed by atoms with Gasteiger partial charge in [0.15, 0.2) is 0 Å². The molecular formula is C39H37ClFN7O3. The van der Waals surface area contributed by atoms with Gasteiger partial charge in [0.25, 0.3) is 5.91 Å². The van der Waals surface area contributed by atoms with Crippen molar-refractivity contribution in [3.8, 4) is 5.88 Å². The molecule has 0 unspecified atom stereocenters. The number of nitrogens with one attached hydrogen (secondary N) is 1. The summed E-state index contributed by atoms with van der Waals surface area (Å²) >= 11 is 5.88. The Labute approximate surface area is 299 Å². The molecule has 12 heteroatoms. The fourth-order valence-corrected chi connectivity index (χ4v) is 6.91. The summed E-state index contributed by atoms with van der Waals surface area (Å²) in [6, 6.07) is 21.8. The zero-order valence-corrected chi connectivity index (χ0v) is 29.2. The quantitative estimate of drug-likeness (QED) is 0.159. The number of aromatic nitrogens is 5. The highest BCUT2D eigenvalue weighted by Gasteiger charge is 2.24. The number of carbonyl (C=O) groups excluding carboxylic acids is 1. The predicted octanol–water partition coefficient (Wildman–Crippen LogP) is 7.33. The number of amides is 1. The molecule has 1 N–H and O–H groups in total. The van der Waals surface area contributed by atoms with Crippen molar-refractivity contribution in [3.63, 3.8) is 0 Å². The van der Waals surface area contributed by atoms with Gasteiger partial charge in [0.05, 0.1) is 47.1 Å². The summed E-state index contributed by atoms with van der Waals surface area (Å²) in [5.41, 5.74) is 7.36. The normalized spacial score (nSPS) is 16.3. The Balaban J connectivity index is 0.966. The number of benzene rings is 3. The molecule has 0 bridgehead atoms. The first-order chi connectivity index (χ1) is 24.8. The van der Waals surface area contributed by atoms with Gasteiger partial charge in [0.1, 0.15) is 18.2 Å². The maximum absolute atomic E-state index is 14.2. The minimum absolute atomic E-state index is 0.0629. The van der Waals surface area contributed by atoms with E-state index in [4.69, 9.17) is 31.0 Å². The number of ether oxygens (including phenoxy) is 2. The number of nitrogens with zero attached hydrogens (tertiary/aromatic N) is 6. The first-order valence-corrected chi connectivity index (χ1v) is 17.5. The number of anilines is 1. The predicted molar refractivity (Wildman–Crippen MR) is 195 cm³/mol. The smallest absolute Gasteiger partial charge is 0.255 e. The van der Waals surface area contributed by atoms with Crippen LogP contribution in [0.3, 0.4) is 0 Å². The monoisotopic (exact) mass is 705 g/mol. The van der Waals surface area contributed by atoms with Crippen molar-refractivity contribution in [2.75, 3.05) is 25.0 Å². The highest BCUT2D eigenvalue weighted by atomic mass is 35.5. The van der Waals surface area contributed by atoms with Crippen LogP contribution < -0.4 is 10.1 Å². The third-order valence-electron chi connectivity index (χ3n) is 9.66. The van der Waals surface area contributed by atoms with Gasteiger partial charge in [-0.25, -0.2) is 14.4 Å². The Bertz CT molecular complexity index is 2310. The second-order valence-electron chi connectivity index (χ2n) is 13.1. The molecule has 2 aliphatic rings. The first-order valence-electron chi connectivity index (χ1n) is 17.1. The summed E-state index contributed by atoms with van der Waals surface area (Å²) < 4.78 is 29.9. The summed E-state index contributed by atoms with van der Waals surface area (Å²) in [6.07, 6.45) is 4.17. The lowest BCUT2D eigenvalue weighted by molar-refractivity contribution is -0.0591. The van der Waals surface area contributed by atoms with Gasteiger partial charge in [-0.1, -0.05) is 29.8 Å². The van der Waals surface area contributed by atoms with Gasteiger partial charge in [-0.3, -0.25) is 14.4 Å². The number of pyridine rings is 1. The fraction of sp³-hybridized carbons (Fsp3) is 0.282. The van der Waals surface area contributed by atoms with Crippen LogP contribution in [0.2, 0.25) is 5.02 Å². The van der Waals surface area contributed by atoms with Crippen molar-refractivity contribution in [2.24, 2.45) is 7.05 Å². The lowest BCUT2D eigenvalue weighted by Crippen LogP contribution is -2.33. The maximum Gasteiger partial charge on any atom is 0.255 e. The standard InChI is InChI=1S/C39H37ClFN7O3/c1-24-31-20-29(9-11-35(31)46(2)45-24)42-39(49)26-7-10-36-34(18-26)43-37(48(36)21-30-14-17-50-30)22-47-15-12-25(13-16-47)33-4-3-5-38(44-33)51-23-27-6-8-28(40)19-32(27)41/h3-12,18-20,30H,13-17,21-23H2,1-2H3,(H,42,49)/t30-/m0/s1. The van der Waals surface area contributed by atoms with Crippen LogP contribution in [0.15, 0.2) is 78.9 Å². The fourth-order valence-electron chi connectivity index (χ4n) is 6.75. The van der Waals surface area contributed by atoms with Crippen molar-refractivity contribution in [1.29, 1.82) is 0 Å². The van der Waals surface area contributed by atoms with E-state index >= 15 is 0 Å². The van der Waals surface area contributed by atoms with Crippen LogP contribution in [0.1, 0.15) is 46.0 Å². The van der Waals surface area contributed by atoms with Gasteiger partial charge in [0.2, 0.25) is 5.88 Å². The molecule has 0 saturated carbocycles. The van der Waals surface area contributed by atoms with Crippen molar-refractivity contribution in [1.82, 2.24) is 29.2 Å². The minimum atomic E-state index is -0.404. The second-order valence-corrected chi connectivity index (χ2v) is 13.6. The first kappa shape index (κ1) is 33.1. The van der Waals surface area contributed by atoms with E-state index in [0.29, 0.717) is 35.1 Å². The zero-order chi connectivity index (χ0) is 35.1. The summed E-state index contributed by atoms with van der Waals surface area (Å²) in [6.45, 7) is 5.73. The highest BCUT2D eigenvalue weighted by Crippen LogP contribution is 2.28. The number of imidazole rings is 1. The van der Waals surface area contributed by atoms with Crippen LogP contribution in [0.25, 0.3) is 27.5 Å². The molecule has 10 nitrogen and oxygen atoms in total. The number of hydrogen-bond acceptors (Lipinski definition) is 7. The number of fused-ring (bicyclic) bond motifs is 2. The number of carbonyl (C=O) groups is 1. The molecule has 260 valence electrons. The molecule has 51 heavy (non-hydrogen) atoms. The van der Waals surface area contributed by atoms with Crippen LogP contribution in [0.4, 0.5) is 10.1 Å². The lowest BCUT2D eigenvalue weighted by Gasteiger charge is -2.29. The van der Waals surface area contributed by atoms with Gasteiger partial charge in [-0.15, -0.1) is 0 Å². The minimum Gasteiger partial charge on any atom is -0.473 e. The Morgan fingerprint density at radius 1 is 1.08 bits per heavy atom. The molecule has 2 aliphatic heterocycles. The zero-order valence-electron chi connectivity index (χ0n) is 28.4. The molecule has 0 radical (unpaired) electrons. The van der Waals surface area contributed by atoms with Crippen LogP contribution in [-0.4, -0.2) is 60.9 Å². The summed E-state index contributed by atoms with van der Waals surface area (Å²) in [7, 11) is 1.91. The molecule has 1 atom stereocenters. The van der Waals surface area contributed by atoms with Crippen LogP contribution in [0, 0.1) is 12.7 Å². The summed E-state index contributed by atoms with van der Waals surface area (Å²) in [5, 5.41) is 8.89. The number of aryl methyl sites for hydroxylation is 2. The largest absolute Gasteiger partial charge is 0.473 e. The number of hydrogen-bond donors (Lipinski definition) is 1. The molecule has 0 aliphatic carbocycles. The van der Waals surface area contributed by atoms with Gasteiger partial charge in [-0.05, 0) is 79.9 Å². The molecule has 5 heterocycles. The second kappa shape index (κ2) is 13.9. The molecule has 6 aromatic rings. The van der Waals surface area contributed by atoms with Crippen LogP contribution in [-0.2, 0) is 31.5 Å². The van der Waals surface area contributed by atoms with Gasteiger partial charge >= 0.3 is 0 Å². The molecule has 1 fully saturated rings.